The number of hydrogen-bond donors (Lipinski definition) is 0. The van der Waals surface area contributed by atoms with Crippen LogP contribution in [0.3, 0.4) is 0 Å². The van der Waals surface area contributed by atoms with Crippen LogP contribution < -0.4 is 4.90 Å². The van der Waals surface area contributed by atoms with Crippen LogP contribution in [0.15, 0.2) is 252 Å². The van der Waals surface area contributed by atoms with Crippen molar-refractivity contribution < 1.29 is 0 Å². The van der Waals surface area contributed by atoms with Crippen LogP contribution in [0.2, 0.25) is 0 Å². The number of rotatable bonds is 8. The predicted molar refractivity (Wildman–Crippen MR) is 265 cm³/mol. The van der Waals surface area contributed by atoms with Crippen molar-refractivity contribution in [2.45, 2.75) is 22.6 Å². The van der Waals surface area contributed by atoms with Gasteiger partial charge in [-0.25, -0.2) is 0 Å². The SMILES string of the molecule is C1=C(c2cccc(N(c3ccc(-c4ccc(-c5ccccc5)cc4)cc3)c3ccc(C4(c5ccccc5)c5ccccc5-c5ccccc54)cc3)c2)CC2C(=C1)Sc1ccccc12. The molecule has 0 bridgehead atoms. The first kappa shape index (κ1) is 37.4. The molecule has 12 rings (SSSR count). The van der Waals surface area contributed by atoms with E-state index in [-0.39, 0.29) is 0 Å². The summed E-state index contributed by atoms with van der Waals surface area (Å²) in [5.41, 5.74) is 19.6. The number of fused-ring (bicyclic) bond motifs is 6. The number of nitrogens with zero attached hydrogens (tertiary/aromatic N) is 1. The van der Waals surface area contributed by atoms with Crippen LogP contribution >= 0.6 is 11.8 Å². The zero-order chi connectivity index (χ0) is 41.7. The molecule has 0 amide bonds. The van der Waals surface area contributed by atoms with E-state index in [1.54, 1.807) is 0 Å². The fourth-order valence-corrected chi connectivity index (χ4v) is 11.6. The molecule has 1 aliphatic heterocycles. The monoisotopic (exact) mass is 821 g/mol. The fourth-order valence-electron chi connectivity index (χ4n) is 10.4. The van der Waals surface area contributed by atoms with E-state index in [0.717, 1.165) is 23.5 Å². The van der Waals surface area contributed by atoms with E-state index in [4.69, 9.17) is 0 Å². The van der Waals surface area contributed by atoms with Crippen molar-refractivity contribution in [3.05, 3.63) is 281 Å². The number of anilines is 3. The Bertz CT molecular complexity index is 3150. The van der Waals surface area contributed by atoms with Crippen LogP contribution in [0.5, 0.6) is 0 Å². The molecular formula is C61H43NS. The molecule has 0 N–H and O–H groups in total. The molecule has 9 aromatic rings. The van der Waals surface area contributed by atoms with E-state index in [9.17, 15) is 0 Å². The summed E-state index contributed by atoms with van der Waals surface area (Å²) in [5, 5.41) is 0. The summed E-state index contributed by atoms with van der Waals surface area (Å²) >= 11 is 1.93. The molecule has 0 radical (unpaired) electrons. The lowest BCUT2D eigenvalue weighted by atomic mass is 9.68. The number of hydrogen-bond acceptors (Lipinski definition) is 2. The molecule has 63 heavy (non-hydrogen) atoms. The molecule has 0 fully saturated rings. The smallest absolute Gasteiger partial charge is 0.0713 e. The summed E-state index contributed by atoms with van der Waals surface area (Å²) in [4.78, 5) is 5.27. The first-order valence-electron chi connectivity index (χ1n) is 21.9. The van der Waals surface area contributed by atoms with Gasteiger partial charge in [-0.3, -0.25) is 0 Å². The summed E-state index contributed by atoms with van der Waals surface area (Å²) in [7, 11) is 0. The van der Waals surface area contributed by atoms with E-state index in [0.29, 0.717) is 5.92 Å². The van der Waals surface area contributed by atoms with Crippen molar-refractivity contribution in [1.82, 2.24) is 0 Å². The van der Waals surface area contributed by atoms with Gasteiger partial charge in [-0.1, -0.05) is 212 Å². The Hall–Kier alpha value is -7.39. The average Bonchev–Trinajstić information content (AvgIpc) is 3.89. The van der Waals surface area contributed by atoms with Crippen molar-refractivity contribution in [1.29, 1.82) is 0 Å². The molecule has 0 aromatic heterocycles. The number of thioether (sulfide) groups is 1. The Balaban J connectivity index is 0.955. The molecule has 3 aliphatic rings. The van der Waals surface area contributed by atoms with Gasteiger partial charge in [-0.2, -0.15) is 0 Å². The lowest BCUT2D eigenvalue weighted by Crippen LogP contribution is -2.28. The van der Waals surface area contributed by atoms with Crippen LogP contribution in [-0.4, -0.2) is 0 Å². The van der Waals surface area contributed by atoms with Gasteiger partial charge in [0.2, 0.25) is 0 Å². The highest BCUT2D eigenvalue weighted by Crippen LogP contribution is 2.57. The molecule has 1 atom stereocenters. The van der Waals surface area contributed by atoms with Crippen molar-refractivity contribution in [3.63, 3.8) is 0 Å². The standard InChI is InChI=1S/C61H43NS/c1-3-14-42(15-4-1)43-26-28-44(29-27-43)45-30-35-50(36-31-45)62(52-19-13-16-46(40-52)47-32-39-60-56(41-47)55-22-9-12-25-59(55)63-60)51-37-33-49(34-38-51)61(48-17-5-2-6-18-48)57-23-10-7-20-53(57)54-21-8-11-24-58(54)61/h1-40,56H,41H2. The Morgan fingerprint density at radius 2 is 0.905 bits per heavy atom. The molecule has 9 aromatic carbocycles. The van der Waals surface area contributed by atoms with Gasteiger partial charge in [0.25, 0.3) is 0 Å². The summed E-state index contributed by atoms with van der Waals surface area (Å²) in [5.74, 6) is 0.413. The van der Waals surface area contributed by atoms with E-state index in [2.05, 4.69) is 248 Å². The van der Waals surface area contributed by atoms with Gasteiger partial charge >= 0.3 is 0 Å². The highest BCUT2D eigenvalue weighted by atomic mass is 32.2. The molecule has 0 saturated carbocycles. The average molecular weight is 822 g/mol. The number of allylic oxidation sites excluding steroid dienone is 4. The van der Waals surface area contributed by atoms with Gasteiger partial charge in [0.1, 0.15) is 0 Å². The summed E-state index contributed by atoms with van der Waals surface area (Å²) in [6.07, 6.45) is 5.70. The Kier molecular flexibility index (Phi) is 9.20. The zero-order valence-electron chi connectivity index (χ0n) is 34.7. The summed E-state index contributed by atoms with van der Waals surface area (Å²) in [6.45, 7) is 0. The molecule has 2 heteroatoms. The third-order valence-electron chi connectivity index (χ3n) is 13.4. The minimum atomic E-state index is -0.452. The van der Waals surface area contributed by atoms with Gasteiger partial charge in [-0.05, 0) is 126 Å². The van der Waals surface area contributed by atoms with E-state index >= 15 is 0 Å². The van der Waals surface area contributed by atoms with Gasteiger partial charge in [0.15, 0.2) is 0 Å². The minimum Gasteiger partial charge on any atom is -0.310 e. The maximum Gasteiger partial charge on any atom is 0.0713 e. The normalized spacial score (nSPS) is 15.3. The molecule has 0 spiro atoms. The van der Waals surface area contributed by atoms with Crippen LogP contribution in [-0.2, 0) is 5.41 Å². The molecular weight excluding hydrogens is 779 g/mol. The van der Waals surface area contributed by atoms with Gasteiger partial charge in [0.05, 0.1) is 5.41 Å². The highest BCUT2D eigenvalue weighted by Gasteiger charge is 2.45. The maximum atomic E-state index is 2.42. The third kappa shape index (κ3) is 6.32. The molecule has 1 nitrogen and oxygen atoms in total. The second-order valence-electron chi connectivity index (χ2n) is 16.8. The fraction of sp³-hybridized carbons (Fsp3) is 0.0492. The van der Waals surface area contributed by atoms with Crippen LogP contribution in [0, 0.1) is 0 Å². The molecule has 0 saturated heterocycles. The molecule has 1 unspecified atom stereocenters. The summed E-state index contributed by atoms with van der Waals surface area (Å²) in [6, 6.07) is 85.0. The third-order valence-corrected chi connectivity index (χ3v) is 14.6. The van der Waals surface area contributed by atoms with E-state index in [1.165, 1.54) is 82.1 Å². The van der Waals surface area contributed by atoms with E-state index < -0.39 is 5.41 Å². The van der Waals surface area contributed by atoms with Crippen LogP contribution in [0.25, 0.3) is 39.0 Å². The summed E-state index contributed by atoms with van der Waals surface area (Å²) < 4.78 is 0. The zero-order valence-corrected chi connectivity index (χ0v) is 35.6. The Morgan fingerprint density at radius 3 is 1.57 bits per heavy atom. The van der Waals surface area contributed by atoms with Crippen molar-refractivity contribution >= 4 is 34.4 Å². The molecule has 2 aliphatic carbocycles. The maximum absolute atomic E-state index is 2.42. The van der Waals surface area contributed by atoms with Gasteiger partial charge < -0.3 is 4.90 Å². The highest BCUT2D eigenvalue weighted by molar-refractivity contribution is 8.03. The lowest BCUT2D eigenvalue weighted by Gasteiger charge is -2.34. The topological polar surface area (TPSA) is 3.24 Å². The van der Waals surface area contributed by atoms with Crippen molar-refractivity contribution in [2.24, 2.45) is 0 Å². The first-order chi connectivity index (χ1) is 31.2. The Morgan fingerprint density at radius 1 is 0.397 bits per heavy atom. The van der Waals surface area contributed by atoms with Crippen molar-refractivity contribution in [3.8, 4) is 33.4 Å². The Labute approximate surface area is 374 Å². The van der Waals surface area contributed by atoms with Crippen molar-refractivity contribution in [2.75, 3.05) is 4.90 Å². The minimum absolute atomic E-state index is 0.413. The molecule has 298 valence electrons. The second-order valence-corrected chi connectivity index (χ2v) is 17.9. The van der Waals surface area contributed by atoms with Gasteiger partial charge in [0, 0.05) is 27.9 Å². The van der Waals surface area contributed by atoms with E-state index in [1.807, 2.05) is 11.8 Å². The largest absolute Gasteiger partial charge is 0.310 e. The number of benzene rings is 9. The quantitative estimate of drug-likeness (QED) is 0.150. The lowest BCUT2D eigenvalue weighted by molar-refractivity contribution is 0.768. The first-order valence-corrected chi connectivity index (χ1v) is 22.7. The predicted octanol–water partition coefficient (Wildman–Crippen LogP) is 16.4. The van der Waals surface area contributed by atoms with Gasteiger partial charge in [-0.15, -0.1) is 0 Å². The molecule has 1 heterocycles. The van der Waals surface area contributed by atoms with Crippen LogP contribution in [0.1, 0.15) is 45.7 Å². The second kappa shape index (κ2) is 15.5. The van der Waals surface area contributed by atoms with Crippen LogP contribution in [0.4, 0.5) is 17.1 Å².